The van der Waals surface area contributed by atoms with Crippen molar-refractivity contribution in [2.75, 3.05) is 46.0 Å². The van der Waals surface area contributed by atoms with Crippen molar-refractivity contribution in [3.63, 3.8) is 0 Å². The Morgan fingerprint density at radius 2 is 1.76 bits per heavy atom. The van der Waals surface area contributed by atoms with E-state index in [2.05, 4.69) is 29.2 Å². The molecule has 1 aromatic rings. The Hall–Kier alpha value is -1.66. The van der Waals surface area contributed by atoms with Crippen molar-refractivity contribution in [1.82, 2.24) is 9.80 Å². The first-order valence-electron chi connectivity index (χ1n) is 13.6. The van der Waals surface area contributed by atoms with E-state index in [0.717, 1.165) is 64.6 Å². The van der Waals surface area contributed by atoms with Crippen LogP contribution in [0.3, 0.4) is 0 Å². The van der Waals surface area contributed by atoms with Crippen LogP contribution in [0.5, 0.6) is 5.75 Å². The first-order chi connectivity index (χ1) is 16.5. The molecule has 1 aromatic carbocycles. The molecule has 1 spiro atoms. The van der Waals surface area contributed by atoms with Crippen molar-refractivity contribution in [1.29, 1.82) is 0 Å². The maximum absolute atomic E-state index is 14.1. The number of carbonyl (C=O) groups excluding carboxylic acids is 1. The smallest absolute Gasteiger partial charge is 0.260 e. The first kappa shape index (κ1) is 22.8. The minimum Gasteiger partial charge on any atom is -0.493 e. The molecule has 0 N–H and O–H groups in total. The van der Waals surface area contributed by atoms with Crippen molar-refractivity contribution in [2.45, 2.75) is 75.4 Å². The number of carbonyl (C=O) groups is 1. The molecule has 2 saturated carbocycles. The summed E-state index contributed by atoms with van der Waals surface area (Å²) in [6.45, 7) is 6.35. The van der Waals surface area contributed by atoms with E-state index < -0.39 is 5.67 Å². The quantitative estimate of drug-likeness (QED) is 0.612. The third-order valence-electron chi connectivity index (χ3n) is 9.31. The van der Waals surface area contributed by atoms with Crippen LogP contribution in [0.2, 0.25) is 0 Å². The first-order valence-corrected chi connectivity index (χ1v) is 13.6. The molecule has 3 heterocycles. The molecular weight excluding hydrogens is 431 g/mol. The molecule has 34 heavy (non-hydrogen) atoms. The Morgan fingerprint density at radius 1 is 1.03 bits per heavy atom. The second-order valence-electron chi connectivity index (χ2n) is 11.7. The summed E-state index contributed by atoms with van der Waals surface area (Å²) in [5.41, 5.74) is 0.129. The van der Waals surface area contributed by atoms with Gasteiger partial charge in [-0.1, -0.05) is 18.2 Å². The normalized spacial score (nSPS) is 29.2. The number of para-hydroxylation sites is 1. The number of ether oxygens (including phenoxy) is 2. The molecule has 0 unspecified atom stereocenters. The van der Waals surface area contributed by atoms with Crippen LogP contribution in [-0.2, 0) is 9.53 Å². The summed E-state index contributed by atoms with van der Waals surface area (Å²) >= 11 is 0. The van der Waals surface area contributed by atoms with Gasteiger partial charge in [0.15, 0.2) is 5.67 Å². The largest absolute Gasteiger partial charge is 0.493 e. The van der Waals surface area contributed by atoms with Crippen LogP contribution in [0, 0.1) is 11.3 Å². The van der Waals surface area contributed by atoms with E-state index in [0.29, 0.717) is 30.7 Å². The monoisotopic (exact) mass is 470 g/mol. The zero-order chi connectivity index (χ0) is 23.2. The predicted molar refractivity (Wildman–Crippen MR) is 129 cm³/mol. The number of piperidine rings is 1. The van der Waals surface area contributed by atoms with E-state index >= 15 is 0 Å². The number of hydrogen-bond acceptors (Lipinski definition) is 4. The number of likely N-dealkylation sites (tertiary alicyclic amines) is 2. The fourth-order valence-corrected chi connectivity index (χ4v) is 6.94. The van der Waals surface area contributed by atoms with Gasteiger partial charge in [-0.3, -0.25) is 4.79 Å². The maximum Gasteiger partial charge on any atom is 0.260 e. The number of halogens is 1. The molecule has 0 bridgehead atoms. The van der Waals surface area contributed by atoms with Crippen LogP contribution in [0.15, 0.2) is 24.3 Å². The Labute approximate surface area is 203 Å². The van der Waals surface area contributed by atoms with Crippen molar-refractivity contribution >= 4 is 5.91 Å². The molecule has 5 nitrogen and oxygen atoms in total. The summed E-state index contributed by atoms with van der Waals surface area (Å²) in [6.07, 6.45) is 8.99. The van der Waals surface area contributed by atoms with Crippen LogP contribution < -0.4 is 4.74 Å². The van der Waals surface area contributed by atoms with Gasteiger partial charge in [0.05, 0.1) is 6.61 Å². The van der Waals surface area contributed by atoms with Crippen LogP contribution in [-0.4, -0.2) is 73.4 Å². The van der Waals surface area contributed by atoms with Gasteiger partial charge in [0.1, 0.15) is 5.75 Å². The fourth-order valence-electron chi connectivity index (χ4n) is 6.94. The summed E-state index contributed by atoms with van der Waals surface area (Å²) in [7, 11) is 0. The van der Waals surface area contributed by atoms with Gasteiger partial charge in [-0.2, -0.15) is 0 Å². The Bertz CT molecular complexity index is 883. The van der Waals surface area contributed by atoms with E-state index in [4.69, 9.17) is 9.47 Å². The number of benzene rings is 1. The van der Waals surface area contributed by atoms with Crippen molar-refractivity contribution < 1.29 is 18.7 Å². The molecule has 1 atom stereocenters. The van der Waals surface area contributed by atoms with Gasteiger partial charge in [0.2, 0.25) is 0 Å². The highest BCUT2D eigenvalue weighted by Crippen LogP contribution is 2.51. The van der Waals surface area contributed by atoms with Crippen LogP contribution in [0.25, 0.3) is 0 Å². The summed E-state index contributed by atoms with van der Waals surface area (Å²) < 4.78 is 26.0. The minimum atomic E-state index is -1.51. The van der Waals surface area contributed by atoms with Crippen molar-refractivity contribution in [3.8, 4) is 5.75 Å². The lowest BCUT2D eigenvalue weighted by Crippen LogP contribution is -2.60. The van der Waals surface area contributed by atoms with E-state index in [1.807, 2.05) is 0 Å². The van der Waals surface area contributed by atoms with Gasteiger partial charge < -0.3 is 19.3 Å². The number of amides is 1. The molecule has 6 rings (SSSR count). The highest BCUT2D eigenvalue weighted by molar-refractivity contribution is 5.88. The standard InChI is InChI=1S/C28H39FN2O3/c29-28(11-12-28)26(32)31-19-27(20-31)10-5-23(17-27)30-13-6-22(7-14-30)24-3-1-2-4-25(24)34-18-21-8-15-33-16-9-21/h1-4,21-23H,5-20H2/t23-/m0/s1. The average molecular weight is 471 g/mol. The molecule has 5 fully saturated rings. The third kappa shape index (κ3) is 4.48. The fraction of sp³-hybridized carbons (Fsp3) is 0.750. The highest BCUT2D eigenvalue weighted by Gasteiger charge is 2.58. The zero-order valence-corrected chi connectivity index (χ0v) is 20.4. The summed E-state index contributed by atoms with van der Waals surface area (Å²) in [6, 6.07) is 9.28. The average Bonchev–Trinajstić information content (AvgIpc) is 3.45. The van der Waals surface area contributed by atoms with Crippen LogP contribution in [0.1, 0.15) is 69.3 Å². The van der Waals surface area contributed by atoms with E-state index in [1.165, 1.54) is 37.7 Å². The third-order valence-corrected chi connectivity index (χ3v) is 9.31. The van der Waals surface area contributed by atoms with E-state index in [1.54, 1.807) is 4.90 Å². The van der Waals surface area contributed by atoms with E-state index in [9.17, 15) is 9.18 Å². The van der Waals surface area contributed by atoms with Crippen molar-refractivity contribution in [2.24, 2.45) is 11.3 Å². The van der Waals surface area contributed by atoms with Gasteiger partial charge in [0, 0.05) is 37.8 Å². The number of alkyl halides is 1. The second kappa shape index (κ2) is 9.09. The van der Waals surface area contributed by atoms with Crippen molar-refractivity contribution in [3.05, 3.63) is 29.8 Å². The highest BCUT2D eigenvalue weighted by atomic mass is 19.1. The SMILES string of the molecule is O=C(N1CC2(CC[C@H](N3CCC(c4ccccc4OCC4CCOCC4)CC3)C2)C1)C1(F)CC1. The van der Waals surface area contributed by atoms with E-state index in [-0.39, 0.29) is 11.3 Å². The molecule has 6 heteroatoms. The summed E-state index contributed by atoms with van der Waals surface area (Å²) in [4.78, 5) is 16.8. The summed E-state index contributed by atoms with van der Waals surface area (Å²) in [5.74, 6) is 2.01. The molecule has 186 valence electrons. The molecule has 3 aliphatic heterocycles. The lowest BCUT2D eigenvalue weighted by atomic mass is 9.77. The lowest BCUT2D eigenvalue weighted by Gasteiger charge is -2.49. The second-order valence-corrected chi connectivity index (χ2v) is 11.7. The number of hydrogen-bond donors (Lipinski definition) is 0. The number of nitrogens with zero attached hydrogens (tertiary/aromatic N) is 2. The Kier molecular flexibility index (Phi) is 6.09. The molecule has 1 amide bonds. The van der Waals surface area contributed by atoms with Gasteiger partial charge in [0.25, 0.3) is 5.91 Å². The minimum absolute atomic E-state index is 0.236. The molecule has 2 aliphatic carbocycles. The molecule has 3 saturated heterocycles. The van der Waals surface area contributed by atoms with Gasteiger partial charge in [-0.25, -0.2) is 4.39 Å². The van der Waals surface area contributed by atoms with Crippen LogP contribution >= 0.6 is 0 Å². The molecule has 0 radical (unpaired) electrons. The van der Waals surface area contributed by atoms with Gasteiger partial charge in [-0.15, -0.1) is 0 Å². The van der Waals surface area contributed by atoms with Gasteiger partial charge in [-0.05, 0) is 94.3 Å². The van der Waals surface area contributed by atoms with Gasteiger partial charge >= 0.3 is 0 Å². The number of rotatable bonds is 6. The zero-order valence-electron chi connectivity index (χ0n) is 20.4. The molecule has 5 aliphatic rings. The van der Waals surface area contributed by atoms with Crippen LogP contribution in [0.4, 0.5) is 4.39 Å². The Morgan fingerprint density at radius 3 is 2.50 bits per heavy atom. The molecular formula is C28H39FN2O3. The Balaban J connectivity index is 0.996. The topological polar surface area (TPSA) is 42.0 Å². The predicted octanol–water partition coefficient (Wildman–Crippen LogP) is 4.55. The summed E-state index contributed by atoms with van der Waals surface area (Å²) in [5, 5.41) is 0. The maximum atomic E-state index is 14.1. The lowest BCUT2D eigenvalue weighted by molar-refractivity contribution is -0.150. The molecule has 0 aromatic heterocycles.